The van der Waals surface area contributed by atoms with Gasteiger partial charge in [0.2, 0.25) is 0 Å². The van der Waals surface area contributed by atoms with Crippen LogP contribution in [-0.2, 0) is 13.1 Å². The molecule has 0 amide bonds. The minimum absolute atomic E-state index is 0.371. The zero-order valence-corrected chi connectivity index (χ0v) is 13.3. The number of aryl methyl sites for hydroxylation is 1. The Bertz CT molecular complexity index is 565. The number of hydrogen-bond donors (Lipinski definition) is 1. The molecule has 2 aromatic rings. The minimum atomic E-state index is 0.371. The van der Waals surface area contributed by atoms with Crippen LogP contribution in [0.4, 0.5) is 0 Å². The van der Waals surface area contributed by atoms with Gasteiger partial charge in [0, 0.05) is 18.7 Å². The molecule has 1 heterocycles. The fraction of sp³-hybridized carbons (Fsp3) is 0.500. The molecule has 4 nitrogen and oxygen atoms in total. The van der Waals surface area contributed by atoms with E-state index in [1.807, 2.05) is 28.9 Å². The summed E-state index contributed by atoms with van der Waals surface area (Å²) < 4.78 is 1.94. The number of hydrogen-bond acceptors (Lipinski definition) is 3. The first kappa shape index (κ1) is 16.0. The van der Waals surface area contributed by atoms with Crippen molar-refractivity contribution in [1.29, 1.82) is 0 Å². The van der Waals surface area contributed by atoms with Crippen LogP contribution in [0, 0.1) is 0 Å². The standard InChI is InChI=1S/C16H23ClN4/c1-2-3-4-5-8-11-21-16(15(12-18)19-20-21)13-9-6-7-10-14(13)17/h6-7,9-10H,2-5,8,11-12,18H2,1H3. The first-order chi connectivity index (χ1) is 10.3. The summed E-state index contributed by atoms with van der Waals surface area (Å²) in [6, 6.07) is 7.77. The number of rotatable bonds is 8. The van der Waals surface area contributed by atoms with Crippen LogP contribution in [-0.4, -0.2) is 15.0 Å². The summed E-state index contributed by atoms with van der Waals surface area (Å²) in [7, 11) is 0. The van der Waals surface area contributed by atoms with Crippen molar-refractivity contribution in [3.8, 4) is 11.3 Å². The SMILES string of the molecule is CCCCCCCn1nnc(CN)c1-c1ccccc1Cl. The van der Waals surface area contributed by atoms with Gasteiger partial charge in [-0.3, -0.25) is 0 Å². The Morgan fingerprint density at radius 2 is 1.90 bits per heavy atom. The van der Waals surface area contributed by atoms with Crippen molar-refractivity contribution < 1.29 is 0 Å². The fourth-order valence-electron chi connectivity index (χ4n) is 2.46. The average Bonchev–Trinajstić information content (AvgIpc) is 2.90. The van der Waals surface area contributed by atoms with E-state index in [-0.39, 0.29) is 0 Å². The van der Waals surface area contributed by atoms with Crippen LogP contribution in [0.5, 0.6) is 0 Å². The van der Waals surface area contributed by atoms with E-state index in [4.69, 9.17) is 17.3 Å². The van der Waals surface area contributed by atoms with E-state index in [0.717, 1.165) is 29.9 Å². The number of halogens is 1. The van der Waals surface area contributed by atoms with Crippen LogP contribution in [0.15, 0.2) is 24.3 Å². The zero-order valence-electron chi connectivity index (χ0n) is 12.6. The third-order valence-electron chi connectivity index (χ3n) is 3.60. The second-order valence-electron chi connectivity index (χ2n) is 5.21. The van der Waals surface area contributed by atoms with Crippen molar-refractivity contribution in [3.05, 3.63) is 35.0 Å². The maximum atomic E-state index is 6.31. The molecule has 0 spiro atoms. The van der Waals surface area contributed by atoms with Gasteiger partial charge in [-0.2, -0.15) is 0 Å². The highest BCUT2D eigenvalue weighted by Gasteiger charge is 2.15. The fourth-order valence-corrected chi connectivity index (χ4v) is 2.68. The van der Waals surface area contributed by atoms with Crippen molar-refractivity contribution >= 4 is 11.6 Å². The Morgan fingerprint density at radius 1 is 1.14 bits per heavy atom. The minimum Gasteiger partial charge on any atom is -0.325 e. The van der Waals surface area contributed by atoms with Gasteiger partial charge in [0.05, 0.1) is 10.7 Å². The van der Waals surface area contributed by atoms with Crippen molar-refractivity contribution in [2.75, 3.05) is 0 Å². The summed E-state index contributed by atoms with van der Waals surface area (Å²) in [5.41, 5.74) is 8.50. The highest BCUT2D eigenvalue weighted by molar-refractivity contribution is 6.33. The summed E-state index contributed by atoms with van der Waals surface area (Å²) in [4.78, 5) is 0. The molecule has 2 rings (SSSR count). The Balaban J connectivity index is 2.16. The van der Waals surface area contributed by atoms with Gasteiger partial charge < -0.3 is 5.73 Å². The van der Waals surface area contributed by atoms with Crippen molar-refractivity contribution in [2.45, 2.75) is 52.1 Å². The Morgan fingerprint density at radius 3 is 2.62 bits per heavy atom. The predicted molar refractivity (Wildman–Crippen MR) is 87.1 cm³/mol. The highest BCUT2D eigenvalue weighted by Crippen LogP contribution is 2.29. The maximum Gasteiger partial charge on any atom is 0.104 e. The molecule has 0 fully saturated rings. The third kappa shape index (κ3) is 4.05. The Kier molecular flexibility index (Phi) is 6.21. The maximum absolute atomic E-state index is 6.31. The summed E-state index contributed by atoms with van der Waals surface area (Å²) in [6.45, 7) is 3.45. The van der Waals surface area contributed by atoms with Gasteiger partial charge in [-0.1, -0.05) is 67.6 Å². The number of aromatic nitrogens is 3. The molecule has 0 radical (unpaired) electrons. The van der Waals surface area contributed by atoms with Gasteiger partial charge >= 0.3 is 0 Å². The smallest absolute Gasteiger partial charge is 0.104 e. The molecule has 1 aromatic carbocycles. The van der Waals surface area contributed by atoms with Crippen LogP contribution in [0.3, 0.4) is 0 Å². The van der Waals surface area contributed by atoms with Gasteiger partial charge in [-0.05, 0) is 12.5 Å². The van der Waals surface area contributed by atoms with Gasteiger partial charge in [0.1, 0.15) is 5.69 Å². The van der Waals surface area contributed by atoms with Crippen LogP contribution >= 0.6 is 11.6 Å². The lowest BCUT2D eigenvalue weighted by molar-refractivity contribution is 0.524. The number of nitrogens with zero attached hydrogens (tertiary/aromatic N) is 3. The largest absolute Gasteiger partial charge is 0.325 e. The van der Waals surface area contributed by atoms with Gasteiger partial charge in [0.15, 0.2) is 0 Å². The van der Waals surface area contributed by atoms with Crippen LogP contribution in [0.25, 0.3) is 11.3 Å². The van der Waals surface area contributed by atoms with Crippen LogP contribution < -0.4 is 5.73 Å². The summed E-state index contributed by atoms with van der Waals surface area (Å²) in [6.07, 6.45) is 6.14. The molecule has 0 unspecified atom stereocenters. The van der Waals surface area contributed by atoms with E-state index in [2.05, 4.69) is 17.2 Å². The van der Waals surface area contributed by atoms with E-state index >= 15 is 0 Å². The van der Waals surface area contributed by atoms with Crippen LogP contribution in [0.2, 0.25) is 5.02 Å². The molecular formula is C16H23ClN4. The molecule has 0 saturated carbocycles. The molecule has 0 bridgehead atoms. The van der Waals surface area contributed by atoms with Crippen molar-refractivity contribution in [2.24, 2.45) is 5.73 Å². The average molecular weight is 307 g/mol. The normalized spacial score (nSPS) is 11.0. The molecule has 1 aromatic heterocycles. The number of unbranched alkanes of at least 4 members (excludes halogenated alkanes) is 4. The van der Waals surface area contributed by atoms with Gasteiger partial charge in [0.25, 0.3) is 0 Å². The predicted octanol–water partition coefficient (Wildman–Crippen LogP) is 4.03. The van der Waals surface area contributed by atoms with E-state index in [0.29, 0.717) is 11.6 Å². The molecular weight excluding hydrogens is 284 g/mol. The van der Waals surface area contributed by atoms with E-state index < -0.39 is 0 Å². The quantitative estimate of drug-likeness (QED) is 0.749. The summed E-state index contributed by atoms with van der Waals surface area (Å²) in [5.74, 6) is 0. The molecule has 0 aliphatic carbocycles. The van der Waals surface area contributed by atoms with Gasteiger partial charge in [-0.25, -0.2) is 4.68 Å². The number of nitrogens with two attached hydrogens (primary N) is 1. The molecule has 114 valence electrons. The Hall–Kier alpha value is -1.39. The molecule has 0 atom stereocenters. The first-order valence-electron chi connectivity index (χ1n) is 7.65. The lowest BCUT2D eigenvalue weighted by Crippen LogP contribution is -2.05. The van der Waals surface area contributed by atoms with Crippen LogP contribution in [0.1, 0.15) is 44.7 Å². The lowest BCUT2D eigenvalue weighted by atomic mass is 10.1. The second kappa shape index (κ2) is 8.15. The monoisotopic (exact) mass is 306 g/mol. The number of benzene rings is 1. The zero-order chi connectivity index (χ0) is 15.1. The second-order valence-corrected chi connectivity index (χ2v) is 5.61. The van der Waals surface area contributed by atoms with Crippen molar-refractivity contribution in [3.63, 3.8) is 0 Å². The first-order valence-corrected chi connectivity index (χ1v) is 8.03. The van der Waals surface area contributed by atoms with E-state index in [1.54, 1.807) is 0 Å². The summed E-state index contributed by atoms with van der Waals surface area (Å²) >= 11 is 6.31. The van der Waals surface area contributed by atoms with E-state index in [9.17, 15) is 0 Å². The molecule has 5 heteroatoms. The third-order valence-corrected chi connectivity index (χ3v) is 3.93. The topological polar surface area (TPSA) is 56.7 Å². The highest BCUT2D eigenvalue weighted by atomic mass is 35.5. The van der Waals surface area contributed by atoms with E-state index in [1.165, 1.54) is 25.7 Å². The molecule has 0 aliphatic rings. The molecule has 21 heavy (non-hydrogen) atoms. The van der Waals surface area contributed by atoms with Gasteiger partial charge in [-0.15, -0.1) is 5.10 Å². The molecule has 0 aliphatic heterocycles. The molecule has 2 N–H and O–H groups in total. The van der Waals surface area contributed by atoms with Crippen molar-refractivity contribution in [1.82, 2.24) is 15.0 Å². The Labute approximate surface area is 131 Å². The molecule has 0 saturated heterocycles. The summed E-state index contributed by atoms with van der Waals surface area (Å²) in [5, 5.41) is 9.16. The lowest BCUT2D eigenvalue weighted by Gasteiger charge is -2.09.